The molecule has 0 unspecified atom stereocenters. The van der Waals surface area contributed by atoms with Gasteiger partial charge in [0.1, 0.15) is 5.82 Å². The van der Waals surface area contributed by atoms with Crippen LogP contribution in [-0.4, -0.2) is 65.3 Å². The number of nitrogens with zero attached hydrogens (tertiary/aromatic N) is 3. The fraction of sp³-hybridized carbons (Fsp3) is 0.407. The highest BCUT2D eigenvalue weighted by atomic mass is 32.1. The summed E-state index contributed by atoms with van der Waals surface area (Å²) in [5.74, 6) is 0.0162. The fourth-order valence-electron chi connectivity index (χ4n) is 5.29. The number of hydrogen-bond donors (Lipinski definition) is 0. The van der Waals surface area contributed by atoms with Gasteiger partial charge >= 0.3 is 0 Å². The van der Waals surface area contributed by atoms with Crippen molar-refractivity contribution < 1.29 is 14.0 Å². The predicted octanol–water partition coefficient (Wildman–Crippen LogP) is 4.59. The number of amides is 2. The van der Waals surface area contributed by atoms with E-state index in [9.17, 15) is 14.0 Å². The third-order valence-electron chi connectivity index (χ3n) is 7.05. The van der Waals surface area contributed by atoms with E-state index in [-0.39, 0.29) is 29.7 Å². The van der Waals surface area contributed by atoms with Crippen LogP contribution in [0.2, 0.25) is 0 Å². The smallest absolute Gasteiger partial charge is 0.228 e. The van der Waals surface area contributed by atoms with E-state index in [1.807, 2.05) is 40.3 Å². The SMILES string of the molecule is C[C@@H]1CN(C(=O)CCN2CCc3sccc3[C@H]2c2cccc(F)c2)CCN1C(=O)Cc1cccs1. The third kappa shape index (κ3) is 5.34. The Balaban J connectivity index is 1.20. The summed E-state index contributed by atoms with van der Waals surface area (Å²) in [5, 5.41) is 4.09. The molecule has 5 nitrogen and oxygen atoms in total. The lowest BCUT2D eigenvalue weighted by molar-refractivity contribution is -0.142. The first kappa shape index (κ1) is 24.2. The van der Waals surface area contributed by atoms with Crippen molar-refractivity contribution in [3.63, 3.8) is 0 Å². The minimum absolute atomic E-state index is 0.00329. The molecule has 35 heavy (non-hydrogen) atoms. The lowest BCUT2D eigenvalue weighted by Gasteiger charge is -2.41. The van der Waals surface area contributed by atoms with Crippen molar-refractivity contribution in [1.29, 1.82) is 0 Å². The Hall–Kier alpha value is -2.55. The van der Waals surface area contributed by atoms with Crippen LogP contribution in [0.4, 0.5) is 4.39 Å². The minimum Gasteiger partial charge on any atom is -0.339 e. The molecule has 1 saturated heterocycles. The van der Waals surface area contributed by atoms with Crippen LogP contribution in [0.3, 0.4) is 0 Å². The molecule has 8 heteroatoms. The van der Waals surface area contributed by atoms with Crippen molar-refractivity contribution in [2.45, 2.75) is 38.3 Å². The molecule has 0 radical (unpaired) electrons. The molecule has 2 atom stereocenters. The number of piperazine rings is 1. The Bertz CT molecular complexity index is 1180. The number of hydrogen-bond acceptors (Lipinski definition) is 5. The summed E-state index contributed by atoms with van der Waals surface area (Å²) in [7, 11) is 0. The van der Waals surface area contributed by atoms with Gasteiger partial charge in [0.25, 0.3) is 0 Å². The average Bonchev–Trinajstić information content (AvgIpc) is 3.54. The lowest BCUT2D eigenvalue weighted by atomic mass is 9.93. The molecule has 1 fully saturated rings. The van der Waals surface area contributed by atoms with Gasteiger partial charge in [-0.15, -0.1) is 22.7 Å². The number of fused-ring (bicyclic) bond motifs is 1. The summed E-state index contributed by atoms with van der Waals surface area (Å²) >= 11 is 3.35. The maximum atomic E-state index is 14.0. The highest BCUT2D eigenvalue weighted by molar-refractivity contribution is 7.10. The highest BCUT2D eigenvalue weighted by Gasteiger charge is 2.32. The Morgan fingerprint density at radius 2 is 1.91 bits per heavy atom. The van der Waals surface area contributed by atoms with E-state index in [1.54, 1.807) is 34.8 Å². The highest BCUT2D eigenvalue weighted by Crippen LogP contribution is 2.38. The van der Waals surface area contributed by atoms with E-state index in [4.69, 9.17) is 0 Å². The van der Waals surface area contributed by atoms with Crippen LogP contribution in [0.5, 0.6) is 0 Å². The first-order valence-corrected chi connectivity index (χ1v) is 13.9. The molecule has 0 saturated carbocycles. The molecule has 184 valence electrons. The van der Waals surface area contributed by atoms with Crippen molar-refractivity contribution in [3.8, 4) is 0 Å². The summed E-state index contributed by atoms with van der Waals surface area (Å²) < 4.78 is 14.0. The van der Waals surface area contributed by atoms with Crippen LogP contribution < -0.4 is 0 Å². The molecule has 2 aliphatic heterocycles. The normalized spacial score (nSPS) is 20.6. The van der Waals surface area contributed by atoms with E-state index in [2.05, 4.69) is 16.3 Å². The zero-order valence-electron chi connectivity index (χ0n) is 19.9. The van der Waals surface area contributed by atoms with Crippen molar-refractivity contribution >= 4 is 34.5 Å². The van der Waals surface area contributed by atoms with E-state index >= 15 is 0 Å². The Morgan fingerprint density at radius 1 is 1.03 bits per heavy atom. The number of benzene rings is 1. The largest absolute Gasteiger partial charge is 0.339 e. The van der Waals surface area contributed by atoms with Gasteiger partial charge in [-0.25, -0.2) is 4.39 Å². The second-order valence-electron chi connectivity index (χ2n) is 9.32. The monoisotopic (exact) mass is 511 g/mol. The zero-order chi connectivity index (χ0) is 24.4. The van der Waals surface area contributed by atoms with Crippen molar-refractivity contribution in [2.75, 3.05) is 32.7 Å². The molecule has 0 bridgehead atoms. The molecule has 0 aliphatic carbocycles. The quantitative estimate of drug-likeness (QED) is 0.486. The van der Waals surface area contributed by atoms with Crippen LogP contribution in [0, 0.1) is 5.82 Å². The molecule has 4 heterocycles. The van der Waals surface area contributed by atoms with Crippen molar-refractivity contribution in [1.82, 2.24) is 14.7 Å². The van der Waals surface area contributed by atoms with Crippen LogP contribution in [0.1, 0.15) is 40.3 Å². The minimum atomic E-state index is -0.235. The Kier molecular flexibility index (Phi) is 7.32. The van der Waals surface area contributed by atoms with Gasteiger partial charge < -0.3 is 9.80 Å². The average molecular weight is 512 g/mol. The fourth-order valence-corrected chi connectivity index (χ4v) is 6.89. The molecule has 3 aromatic rings. The summed E-state index contributed by atoms with van der Waals surface area (Å²) in [4.78, 5) is 34.4. The van der Waals surface area contributed by atoms with Gasteiger partial charge in [0.2, 0.25) is 11.8 Å². The standard InChI is InChI=1S/C27H30FN3O2S2/c1-19-18-30(12-13-31(19)26(33)17-22-6-3-14-34-22)25(32)8-11-29-10-7-24-23(9-15-35-24)27(29)20-4-2-5-21(28)16-20/h2-6,9,14-16,19,27H,7-8,10-13,17-18H2,1H3/t19-,27-/m1/s1. The second kappa shape index (κ2) is 10.6. The summed E-state index contributed by atoms with van der Waals surface area (Å²) in [6.45, 7) is 5.21. The summed E-state index contributed by atoms with van der Waals surface area (Å²) in [6.07, 6.45) is 1.80. The summed E-state index contributed by atoms with van der Waals surface area (Å²) in [5.41, 5.74) is 2.16. The Labute approximate surface area is 213 Å². The number of carbonyl (C=O) groups excluding carboxylic acids is 2. The molecule has 2 aliphatic rings. The number of rotatable bonds is 6. The van der Waals surface area contributed by atoms with E-state index < -0.39 is 0 Å². The van der Waals surface area contributed by atoms with Gasteiger partial charge in [-0.1, -0.05) is 18.2 Å². The van der Waals surface area contributed by atoms with Crippen LogP contribution in [0.25, 0.3) is 0 Å². The van der Waals surface area contributed by atoms with E-state index in [0.717, 1.165) is 23.4 Å². The molecule has 5 rings (SSSR count). The maximum absolute atomic E-state index is 14.0. The number of carbonyl (C=O) groups is 2. The zero-order valence-corrected chi connectivity index (χ0v) is 21.5. The molecule has 0 spiro atoms. The molecular weight excluding hydrogens is 481 g/mol. The molecular formula is C27H30FN3O2S2. The maximum Gasteiger partial charge on any atom is 0.228 e. The predicted molar refractivity (Wildman–Crippen MR) is 138 cm³/mol. The van der Waals surface area contributed by atoms with Gasteiger partial charge in [0, 0.05) is 54.9 Å². The second-order valence-corrected chi connectivity index (χ2v) is 11.4. The van der Waals surface area contributed by atoms with E-state index in [0.29, 0.717) is 39.0 Å². The van der Waals surface area contributed by atoms with E-state index in [1.165, 1.54) is 16.5 Å². The summed E-state index contributed by atoms with van der Waals surface area (Å²) in [6, 6.07) is 12.9. The van der Waals surface area contributed by atoms with Crippen LogP contribution in [0.15, 0.2) is 53.2 Å². The van der Waals surface area contributed by atoms with Gasteiger partial charge in [0.15, 0.2) is 0 Å². The molecule has 2 aromatic heterocycles. The first-order chi connectivity index (χ1) is 17.0. The van der Waals surface area contributed by atoms with Gasteiger partial charge in [-0.3, -0.25) is 14.5 Å². The third-order valence-corrected chi connectivity index (χ3v) is 8.92. The van der Waals surface area contributed by atoms with Crippen LogP contribution >= 0.6 is 22.7 Å². The van der Waals surface area contributed by atoms with Gasteiger partial charge in [-0.05, 0) is 59.5 Å². The van der Waals surface area contributed by atoms with Gasteiger partial charge in [0.05, 0.1) is 12.5 Å². The molecule has 0 N–H and O–H groups in total. The molecule has 1 aromatic carbocycles. The van der Waals surface area contributed by atoms with Crippen LogP contribution in [-0.2, 0) is 22.4 Å². The Morgan fingerprint density at radius 3 is 2.69 bits per heavy atom. The topological polar surface area (TPSA) is 43.9 Å². The lowest BCUT2D eigenvalue weighted by Crippen LogP contribution is -2.56. The number of thiophene rings is 2. The van der Waals surface area contributed by atoms with Gasteiger partial charge in [-0.2, -0.15) is 0 Å². The molecule has 2 amide bonds. The van der Waals surface area contributed by atoms with Crippen molar-refractivity contribution in [3.05, 3.63) is 79.9 Å². The number of halogens is 1. The first-order valence-electron chi connectivity index (χ1n) is 12.1. The van der Waals surface area contributed by atoms with Crippen molar-refractivity contribution in [2.24, 2.45) is 0 Å².